The molecule has 0 atom stereocenters. The minimum atomic E-state index is -0.143. The Balaban J connectivity index is 0. The molecule has 0 radical (unpaired) electrons. The Morgan fingerprint density at radius 2 is 1.69 bits per heavy atom. The first kappa shape index (κ1) is 15.5. The molecule has 80 valence electrons. The van der Waals surface area contributed by atoms with Gasteiger partial charge >= 0.3 is 0 Å². The molecule has 0 aromatic heterocycles. The molecule has 0 bridgehead atoms. The van der Waals surface area contributed by atoms with E-state index < -0.39 is 0 Å². The first-order valence-corrected chi connectivity index (χ1v) is 4.57. The van der Waals surface area contributed by atoms with Crippen molar-refractivity contribution in [3.8, 4) is 0 Å². The van der Waals surface area contributed by atoms with Crippen LogP contribution in [0.4, 0.5) is 0 Å². The van der Waals surface area contributed by atoms with Gasteiger partial charge in [-0.25, -0.2) is 0 Å². The SMILES string of the molecule is Cl.Cl.NC(=O)CCC1CCCCC1. The predicted octanol–water partition coefficient (Wildman–Crippen LogP) is 2.68. The zero-order valence-electron chi connectivity index (χ0n) is 7.83. The fourth-order valence-corrected chi connectivity index (χ4v) is 1.82. The Morgan fingerprint density at radius 3 is 2.15 bits per heavy atom. The van der Waals surface area contributed by atoms with Gasteiger partial charge in [-0.05, 0) is 12.3 Å². The van der Waals surface area contributed by atoms with Crippen LogP contribution in [0.2, 0.25) is 0 Å². The maximum Gasteiger partial charge on any atom is 0.217 e. The predicted molar refractivity (Wildman–Crippen MR) is 59.5 cm³/mol. The maximum atomic E-state index is 10.5. The van der Waals surface area contributed by atoms with Crippen LogP contribution in [0, 0.1) is 5.92 Å². The molecule has 1 saturated carbocycles. The van der Waals surface area contributed by atoms with E-state index in [9.17, 15) is 4.79 Å². The zero-order chi connectivity index (χ0) is 8.10. The van der Waals surface area contributed by atoms with Crippen molar-refractivity contribution in [2.45, 2.75) is 44.9 Å². The molecule has 2 N–H and O–H groups in total. The average Bonchev–Trinajstić information content (AvgIpc) is 2.03. The van der Waals surface area contributed by atoms with Crippen molar-refractivity contribution < 1.29 is 4.79 Å². The standard InChI is InChI=1S/C9H17NO.2ClH/c10-9(11)7-6-8-4-2-1-3-5-8;;/h8H,1-7H2,(H2,10,11);2*1H. The van der Waals surface area contributed by atoms with E-state index in [0.29, 0.717) is 6.42 Å². The molecule has 1 rings (SSSR count). The van der Waals surface area contributed by atoms with Gasteiger partial charge in [-0.2, -0.15) is 0 Å². The lowest BCUT2D eigenvalue weighted by atomic mass is 9.86. The van der Waals surface area contributed by atoms with Crippen LogP contribution in [0.25, 0.3) is 0 Å². The molecule has 0 aromatic rings. The topological polar surface area (TPSA) is 43.1 Å². The van der Waals surface area contributed by atoms with Gasteiger partial charge in [0.15, 0.2) is 0 Å². The van der Waals surface area contributed by atoms with Gasteiger partial charge in [0.25, 0.3) is 0 Å². The number of rotatable bonds is 3. The summed E-state index contributed by atoms with van der Waals surface area (Å²) in [5.74, 6) is 0.645. The molecule has 0 spiro atoms. The highest BCUT2D eigenvalue weighted by Gasteiger charge is 2.13. The number of amides is 1. The van der Waals surface area contributed by atoms with E-state index in [-0.39, 0.29) is 30.7 Å². The molecule has 1 fully saturated rings. The third-order valence-corrected chi connectivity index (χ3v) is 2.52. The summed E-state index contributed by atoms with van der Waals surface area (Å²) in [5, 5.41) is 0. The number of primary amides is 1. The number of halogens is 2. The summed E-state index contributed by atoms with van der Waals surface area (Å²) in [6.45, 7) is 0. The van der Waals surface area contributed by atoms with Crippen molar-refractivity contribution >= 4 is 30.7 Å². The van der Waals surface area contributed by atoms with Crippen LogP contribution in [-0.4, -0.2) is 5.91 Å². The van der Waals surface area contributed by atoms with Crippen molar-refractivity contribution in [1.29, 1.82) is 0 Å². The maximum absolute atomic E-state index is 10.5. The second kappa shape index (κ2) is 8.64. The van der Waals surface area contributed by atoms with E-state index in [1.165, 1.54) is 32.1 Å². The van der Waals surface area contributed by atoms with Gasteiger partial charge in [-0.15, -0.1) is 24.8 Å². The largest absolute Gasteiger partial charge is 0.370 e. The third-order valence-electron chi connectivity index (χ3n) is 2.52. The second-order valence-corrected chi connectivity index (χ2v) is 3.51. The van der Waals surface area contributed by atoms with Crippen molar-refractivity contribution in [2.24, 2.45) is 11.7 Å². The number of carbonyl (C=O) groups is 1. The average molecular weight is 228 g/mol. The van der Waals surface area contributed by atoms with Crippen LogP contribution in [0.15, 0.2) is 0 Å². The molecule has 1 amide bonds. The van der Waals surface area contributed by atoms with Gasteiger partial charge < -0.3 is 5.73 Å². The van der Waals surface area contributed by atoms with Crippen molar-refractivity contribution in [1.82, 2.24) is 0 Å². The number of hydrogen-bond donors (Lipinski definition) is 1. The lowest BCUT2D eigenvalue weighted by Gasteiger charge is -2.20. The summed E-state index contributed by atoms with van der Waals surface area (Å²) in [7, 11) is 0. The molecule has 13 heavy (non-hydrogen) atoms. The molecule has 0 aromatic carbocycles. The number of nitrogens with two attached hydrogens (primary N) is 1. The van der Waals surface area contributed by atoms with Crippen LogP contribution in [0.1, 0.15) is 44.9 Å². The highest BCUT2D eigenvalue weighted by atomic mass is 35.5. The van der Waals surface area contributed by atoms with Gasteiger partial charge in [0.05, 0.1) is 0 Å². The zero-order valence-corrected chi connectivity index (χ0v) is 9.46. The minimum Gasteiger partial charge on any atom is -0.370 e. The van der Waals surface area contributed by atoms with Crippen LogP contribution >= 0.6 is 24.8 Å². The summed E-state index contributed by atoms with van der Waals surface area (Å²) in [6, 6.07) is 0. The Labute approximate surface area is 92.5 Å². The van der Waals surface area contributed by atoms with Crippen molar-refractivity contribution in [3.63, 3.8) is 0 Å². The molecule has 0 unspecified atom stereocenters. The van der Waals surface area contributed by atoms with Gasteiger partial charge in [-0.3, -0.25) is 4.79 Å². The van der Waals surface area contributed by atoms with Crippen LogP contribution in [-0.2, 0) is 4.79 Å². The summed E-state index contributed by atoms with van der Waals surface area (Å²) in [4.78, 5) is 10.5. The van der Waals surface area contributed by atoms with E-state index in [0.717, 1.165) is 12.3 Å². The highest BCUT2D eigenvalue weighted by molar-refractivity contribution is 5.85. The number of hydrogen-bond acceptors (Lipinski definition) is 1. The Kier molecular flexibility index (Phi) is 10.3. The number of carbonyl (C=O) groups excluding carboxylic acids is 1. The molecule has 2 nitrogen and oxygen atoms in total. The van der Waals surface area contributed by atoms with Crippen molar-refractivity contribution in [2.75, 3.05) is 0 Å². The molecule has 0 saturated heterocycles. The smallest absolute Gasteiger partial charge is 0.217 e. The molecule has 1 aliphatic carbocycles. The summed E-state index contributed by atoms with van der Waals surface area (Å²) in [5.41, 5.74) is 5.07. The fourth-order valence-electron chi connectivity index (χ4n) is 1.82. The highest BCUT2D eigenvalue weighted by Crippen LogP contribution is 2.26. The van der Waals surface area contributed by atoms with E-state index in [4.69, 9.17) is 5.73 Å². The third kappa shape index (κ3) is 7.15. The Hall–Kier alpha value is 0.0500. The van der Waals surface area contributed by atoms with E-state index in [2.05, 4.69) is 0 Å². The molecular weight excluding hydrogens is 209 g/mol. The lowest BCUT2D eigenvalue weighted by molar-refractivity contribution is -0.118. The second-order valence-electron chi connectivity index (χ2n) is 3.51. The monoisotopic (exact) mass is 227 g/mol. The van der Waals surface area contributed by atoms with Crippen LogP contribution in [0.3, 0.4) is 0 Å². The fraction of sp³-hybridized carbons (Fsp3) is 0.889. The first-order chi connectivity index (χ1) is 5.29. The van der Waals surface area contributed by atoms with Crippen molar-refractivity contribution in [3.05, 3.63) is 0 Å². The van der Waals surface area contributed by atoms with Gasteiger partial charge in [-0.1, -0.05) is 32.1 Å². The summed E-state index contributed by atoms with van der Waals surface area (Å²) in [6.07, 6.45) is 8.32. The lowest BCUT2D eigenvalue weighted by Crippen LogP contribution is -2.14. The molecule has 0 aliphatic heterocycles. The Morgan fingerprint density at radius 1 is 1.15 bits per heavy atom. The van der Waals surface area contributed by atoms with E-state index in [1.54, 1.807) is 0 Å². The quantitative estimate of drug-likeness (QED) is 0.792. The van der Waals surface area contributed by atoms with E-state index in [1.807, 2.05) is 0 Å². The first-order valence-electron chi connectivity index (χ1n) is 4.57. The van der Waals surface area contributed by atoms with Crippen LogP contribution in [0.5, 0.6) is 0 Å². The molecular formula is C9H19Cl2NO. The molecule has 1 aliphatic rings. The summed E-state index contributed by atoms with van der Waals surface area (Å²) >= 11 is 0. The normalized spacial score (nSPS) is 16.9. The van der Waals surface area contributed by atoms with Gasteiger partial charge in [0.2, 0.25) is 5.91 Å². The minimum absolute atomic E-state index is 0. The molecule has 0 heterocycles. The van der Waals surface area contributed by atoms with Gasteiger partial charge in [0.1, 0.15) is 0 Å². The Bertz CT molecular complexity index is 136. The molecule has 4 heteroatoms. The summed E-state index contributed by atoms with van der Waals surface area (Å²) < 4.78 is 0. The van der Waals surface area contributed by atoms with Crippen LogP contribution < -0.4 is 5.73 Å². The van der Waals surface area contributed by atoms with Gasteiger partial charge in [0, 0.05) is 6.42 Å². The van der Waals surface area contributed by atoms with E-state index >= 15 is 0 Å².